The molecule has 4 heteroatoms. The van der Waals surface area contributed by atoms with E-state index in [2.05, 4.69) is 17.4 Å². The highest BCUT2D eigenvalue weighted by Crippen LogP contribution is 2.29. The van der Waals surface area contributed by atoms with Crippen LogP contribution in [-0.2, 0) is 0 Å². The summed E-state index contributed by atoms with van der Waals surface area (Å²) in [5.74, 6) is 3.14. The average molecular weight is 327 g/mol. The van der Waals surface area contributed by atoms with Crippen LogP contribution in [0.15, 0.2) is 48.5 Å². The molecule has 0 saturated carbocycles. The first kappa shape index (κ1) is 16.7. The first-order valence-corrected chi connectivity index (χ1v) is 8.42. The van der Waals surface area contributed by atoms with Crippen molar-refractivity contribution in [2.45, 2.75) is 24.8 Å². The van der Waals surface area contributed by atoms with Gasteiger partial charge in [0.05, 0.1) is 14.2 Å². The number of hydrogen-bond donors (Lipinski definition) is 1. The smallest absolute Gasteiger partial charge is 0.123 e. The van der Waals surface area contributed by atoms with Crippen LogP contribution in [0.5, 0.6) is 17.2 Å². The molecule has 0 aliphatic carbocycles. The Morgan fingerprint density at radius 3 is 2.46 bits per heavy atom. The molecule has 2 atom stereocenters. The van der Waals surface area contributed by atoms with Gasteiger partial charge >= 0.3 is 0 Å². The Hall–Kier alpha value is -2.20. The van der Waals surface area contributed by atoms with Crippen LogP contribution < -0.4 is 19.5 Å². The van der Waals surface area contributed by atoms with Crippen molar-refractivity contribution in [3.05, 3.63) is 54.1 Å². The predicted octanol–water partition coefficient (Wildman–Crippen LogP) is 3.62. The highest BCUT2D eigenvalue weighted by molar-refractivity contribution is 5.33. The van der Waals surface area contributed by atoms with Gasteiger partial charge in [0, 0.05) is 12.1 Å². The second-order valence-corrected chi connectivity index (χ2v) is 6.14. The maximum absolute atomic E-state index is 5.95. The molecule has 1 aliphatic rings. The van der Waals surface area contributed by atoms with Gasteiger partial charge in [-0.3, -0.25) is 0 Å². The van der Waals surface area contributed by atoms with E-state index in [9.17, 15) is 0 Å². The molecule has 0 amide bonds. The van der Waals surface area contributed by atoms with Crippen LogP contribution in [0.2, 0.25) is 0 Å². The number of nitrogens with one attached hydrogen (secondary N) is 1. The molecule has 1 fully saturated rings. The first-order chi connectivity index (χ1) is 11.8. The monoisotopic (exact) mass is 327 g/mol. The molecule has 1 heterocycles. The van der Waals surface area contributed by atoms with Crippen LogP contribution in [-0.4, -0.2) is 33.4 Å². The van der Waals surface area contributed by atoms with Crippen molar-refractivity contribution in [2.75, 3.05) is 27.4 Å². The minimum Gasteiger partial charge on any atom is -0.497 e. The van der Waals surface area contributed by atoms with Crippen molar-refractivity contribution in [2.24, 2.45) is 0 Å². The fraction of sp³-hybridized carbons (Fsp3) is 0.400. The van der Waals surface area contributed by atoms with E-state index >= 15 is 0 Å². The second-order valence-electron chi connectivity index (χ2n) is 6.14. The molecule has 0 bridgehead atoms. The topological polar surface area (TPSA) is 39.7 Å². The summed E-state index contributed by atoms with van der Waals surface area (Å²) in [6.45, 7) is 1.68. The number of piperidine rings is 1. The summed E-state index contributed by atoms with van der Waals surface area (Å²) in [6.07, 6.45) is 2.23. The Morgan fingerprint density at radius 2 is 1.71 bits per heavy atom. The zero-order valence-electron chi connectivity index (χ0n) is 14.3. The molecule has 1 saturated heterocycles. The van der Waals surface area contributed by atoms with E-state index in [0.29, 0.717) is 18.6 Å². The number of hydrogen-bond acceptors (Lipinski definition) is 4. The van der Waals surface area contributed by atoms with E-state index < -0.39 is 0 Å². The van der Waals surface area contributed by atoms with Gasteiger partial charge in [0.15, 0.2) is 0 Å². The number of rotatable bonds is 6. The predicted molar refractivity (Wildman–Crippen MR) is 95.2 cm³/mol. The van der Waals surface area contributed by atoms with Gasteiger partial charge in [-0.2, -0.15) is 0 Å². The SMILES string of the molecule is COc1ccc(C2CCN[C@H](COc3cccc(OC)c3)C2)cc1. The van der Waals surface area contributed by atoms with Crippen molar-refractivity contribution in [3.63, 3.8) is 0 Å². The molecule has 128 valence electrons. The van der Waals surface area contributed by atoms with E-state index in [1.807, 2.05) is 36.4 Å². The summed E-state index contributed by atoms with van der Waals surface area (Å²) in [6, 6.07) is 16.5. The summed E-state index contributed by atoms with van der Waals surface area (Å²) in [7, 11) is 3.37. The normalized spacial score (nSPS) is 20.4. The van der Waals surface area contributed by atoms with Crippen LogP contribution in [0.3, 0.4) is 0 Å². The molecule has 1 aliphatic heterocycles. The maximum Gasteiger partial charge on any atom is 0.123 e. The van der Waals surface area contributed by atoms with Crippen molar-refractivity contribution in [1.82, 2.24) is 5.32 Å². The van der Waals surface area contributed by atoms with Gasteiger partial charge in [-0.1, -0.05) is 18.2 Å². The Kier molecular flexibility index (Phi) is 5.59. The molecule has 1 unspecified atom stereocenters. The molecule has 3 rings (SSSR count). The fourth-order valence-electron chi connectivity index (χ4n) is 3.20. The van der Waals surface area contributed by atoms with E-state index in [1.165, 1.54) is 5.56 Å². The van der Waals surface area contributed by atoms with Crippen LogP contribution >= 0.6 is 0 Å². The van der Waals surface area contributed by atoms with Crippen LogP contribution in [0.25, 0.3) is 0 Å². The van der Waals surface area contributed by atoms with Crippen LogP contribution in [0, 0.1) is 0 Å². The zero-order valence-corrected chi connectivity index (χ0v) is 14.3. The van der Waals surface area contributed by atoms with Gasteiger partial charge in [-0.05, 0) is 55.1 Å². The van der Waals surface area contributed by atoms with E-state index in [1.54, 1.807) is 14.2 Å². The lowest BCUT2D eigenvalue weighted by Crippen LogP contribution is -2.41. The standard InChI is InChI=1S/C20H25NO3/c1-22-18-8-6-15(7-9-18)16-10-11-21-17(12-16)14-24-20-5-3-4-19(13-20)23-2/h3-9,13,16-17,21H,10-12,14H2,1-2H3/t16?,17-/m0/s1. The Labute approximate surface area is 143 Å². The zero-order chi connectivity index (χ0) is 16.8. The van der Waals surface area contributed by atoms with Crippen molar-refractivity contribution >= 4 is 0 Å². The van der Waals surface area contributed by atoms with Gasteiger partial charge in [0.1, 0.15) is 23.9 Å². The highest BCUT2D eigenvalue weighted by atomic mass is 16.5. The van der Waals surface area contributed by atoms with Gasteiger partial charge in [-0.15, -0.1) is 0 Å². The third-order valence-corrected chi connectivity index (χ3v) is 4.57. The fourth-order valence-corrected chi connectivity index (χ4v) is 3.20. The molecule has 4 nitrogen and oxygen atoms in total. The van der Waals surface area contributed by atoms with Gasteiger partial charge in [-0.25, -0.2) is 0 Å². The van der Waals surface area contributed by atoms with Crippen LogP contribution in [0.4, 0.5) is 0 Å². The third-order valence-electron chi connectivity index (χ3n) is 4.57. The van der Waals surface area contributed by atoms with Gasteiger partial charge < -0.3 is 19.5 Å². The minimum absolute atomic E-state index is 0.358. The lowest BCUT2D eigenvalue weighted by atomic mass is 9.86. The highest BCUT2D eigenvalue weighted by Gasteiger charge is 2.23. The van der Waals surface area contributed by atoms with Crippen molar-refractivity contribution < 1.29 is 14.2 Å². The first-order valence-electron chi connectivity index (χ1n) is 8.42. The lowest BCUT2D eigenvalue weighted by Gasteiger charge is -2.30. The Balaban J connectivity index is 1.56. The average Bonchev–Trinajstić information content (AvgIpc) is 2.67. The largest absolute Gasteiger partial charge is 0.497 e. The van der Waals surface area contributed by atoms with Gasteiger partial charge in [0.25, 0.3) is 0 Å². The van der Waals surface area contributed by atoms with Crippen LogP contribution in [0.1, 0.15) is 24.3 Å². The molecule has 2 aromatic carbocycles. The summed E-state index contributed by atoms with van der Waals surface area (Å²) in [5, 5.41) is 3.56. The van der Waals surface area contributed by atoms with E-state index in [0.717, 1.165) is 36.6 Å². The summed E-state index contributed by atoms with van der Waals surface area (Å²) >= 11 is 0. The second kappa shape index (κ2) is 8.06. The summed E-state index contributed by atoms with van der Waals surface area (Å²) in [5.41, 5.74) is 1.38. The third kappa shape index (κ3) is 4.20. The summed E-state index contributed by atoms with van der Waals surface area (Å²) < 4.78 is 16.4. The van der Waals surface area contributed by atoms with Crippen molar-refractivity contribution in [3.8, 4) is 17.2 Å². The Morgan fingerprint density at radius 1 is 0.958 bits per heavy atom. The van der Waals surface area contributed by atoms with Gasteiger partial charge in [0.2, 0.25) is 0 Å². The number of benzene rings is 2. The molecule has 1 N–H and O–H groups in total. The molecule has 0 spiro atoms. The molecule has 2 aromatic rings. The van der Waals surface area contributed by atoms with E-state index in [-0.39, 0.29) is 0 Å². The number of ether oxygens (including phenoxy) is 3. The quantitative estimate of drug-likeness (QED) is 0.880. The summed E-state index contributed by atoms with van der Waals surface area (Å²) in [4.78, 5) is 0. The number of methoxy groups -OCH3 is 2. The maximum atomic E-state index is 5.95. The molecular weight excluding hydrogens is 302 g/mol. The lowest BCUT2D eigenvalue weighted by molar-refractivity contribution is 0.227. The molecule has 0 aromatic heterocycles. The van der Waals surface area contributed by atoms with Crippen molar-refractivity contribution in [1.29, 1.82) is 0 Å². The van der Waals surface area contributed by atoms with E-state index in [4.69, 9.17) is 14.2 Å². The Bertz CT molecular complexity index is 642. The minimum atomic E-state index is 0.358. The molecular formula is C20H25NO3. The molecule has 0 radical (unpaired) electrons. The molecule has 24 heavy (non-hydrogen) atoms.